The average Bonchev–Trinajstić information content (AvgIpc) is 2.71. The van der Waals surface area contributed by atoms with Crippen LogP contribution in [-0.2, 0) is 16.6 Å². The van der Waals surface area contributed by atoms with Gasteiger partial charge in [-0.2, -0.15) is 17.4 Å². The maximum absolute atomic E-state index is 13.5. The van der Waals surface area contributed by atoms with Crippen LogP contribution < -0.4 is 4.72 Å². The lowest BCUT2D eigenvalue weighted by atomic mass is 9.84. The van der Waals surface area contributed by atoms with E-state index >= 15 is 0 Å². The minimum Gasteiger partial charge on any atom is -0.303 e. The third kappa shape index (κ3) is 6.99. The zero-order valence-electron chi connectivity index (χ0n) is 18.1. The second-order valence-electron chi connectivity index (χ2n) is 9.14. The van der Waals surface area contributed by atoms with Crippen molar-refractivity contribution in [3.63, 3.8) is 0 Å². The molecule has 1 N–H and O–H groups in total. The topological polar surface area (TPSA) is 52.7 Å². The van der Waals surface area contributed by atoms with E-state index in [0.717, 1.165) is 61.8 Å². The number of piperidine rings is 1. The van der Waals surface area contributed by atoms with Gasteiger partial charge in [-0.25, -0.2) is 4.39 Å². The van der Waals surface area contributed by atoms with Crippen molar-refractivity contribution in [1.82, 2.24) is 13.9 Å². The summed E-state index contributed by atoms with van der Waals surface area (Å²) in [5, 5.41) is 0. The summed E-state index contributed by atoms with van der Waals surface area (Å²) in [5.41, 5.74) is 1.08. The summed E-state index contributed by atoms with van der Waals surface area (Å²) in [6, 6.07) is 5.04. The summed E-state index contributed by atoms with van der Waals surface area (Å²) in [4.78, 5) is 2.57. The predicted molar refractivity (Wildman–Crippen MR) is 123 cm³/mol. The molecule has 1 aliphatic carbocycles. The first kappa shape index (κ1) is 24.1. The van der Waals surface area contributed by atoms with Crippen LogP contribution >= 0.6 is 15.9 Å². The van der Waals surface area contributed by atoms with Gasteiger partial charge in [-0.3, -0.25) is 0 Å². The van der Waals surface area contributed by atoms with E-state index in [9.17, 15) is 12.8 Å². The van der Waals surface area contributed by atoms with E-state index in [1.807, 2.05) is 0 Å². The van der Waals surface area contributed by atoms with E-state index < -0.39 is 10.2 Å². The summed E-state index contributed by atoms with van der Waals surface area (Å²) >= 11 is 3.55. The molecule has 1 saturated heterocycles. The molecule has 1 aromatic rings. The van der Waals surface area contributed by atoms with Crippen LogP contribution in [0.1, 0.15) is 50.5 Å². The molecule has 1 saturated carbocycles. The summed E-state index contributed by atoms with van der Waals surface area (Å²) in [6.07, 6.45) is 8.55. The number of halogens is 2. The molecule has 0 aromatic heterocycles. The quantitative estimate of drug-likeness (QED) is 0.578. The van der Waals surface area contributed by atoms with Crippen molar-refractivity contribution in [2.45, 2.75) is 57.4 Å². The minimum absolute atomic E-state index is 0.0755. The SMILES string of the molecule is CN(C)S(=O)(=O)N[C@H]1CC[C@H](CCN2CCC(Cc3cc(F)ccc3Br)CC2)CC1. The molecule has 5 nitrogen and oxygen atoms in total. The highest BCUT2D eigenvalue weighted by atomic mass is 79.9. The second kappa shape index (κ2) is 10.9. The third-order valence-electron chi connectivity index (χ3n) is 6.72. The molecule has 1 aromatic carbocycles. The summed E-state index contributed by atoms with van der Waals surface area (Å²) < 4.78 is 42.5. The monoisotopic (exact) mass is 503 g/mol. The molecule has 2 fully saturated rings. The fraction of sp³-hybridized carbons (Fsp3) is 0.727. The smallest absolute Gasteiger partial charge is 0.279 e. The maximum Gasteiger partial charge on any atom is 0.279 e. The average molecular weight is 505 g/mol. The number of hydrogen-bond acceptors (Lipinski definition) is 3. The van der Waals surface area contributed by atoms with Crippen molar-refractivity contribution in [3.05, 3.63) is 34.1 Å². The van der Waals surface area contributed by atoms with Gasteiger partial charge >= 0.3 is 0 Å². The van der Waals surface area contributed by atoms with Crippen molar-refractivity contribution >= 4 is 26.1 Å². The van der Waals surface area contributed by atoms with Crippen molar-refractivity contribution in [1.29, 1.82) is 0 Å². The molecular formula is C22H35BrFN3O2S. The Morgan fingerprint density at radius 1 is 1.10 bits per heavy atom. The molecule has 0 radical (unpaired) electrons. The van der Waals surface area contributed by atoms with Gasteiger partial charge in [0.15, 0.2) is 0 Å². The van der Waals surface area contributed by atoms with Crippen molar-refractivity contribution in [3.8, 4) is 0 Å². The number of nitrogens with one attached hydrogen (secondary N) is 1. The van der Waals surface area contributed by atoms with Crippen LogP contribution in [0.25, 0.3) is 0 Å². The Bertz CT molecular complexity index is 790. The summed E-state index contributed by atoms with van der Waals surface area (Å²) in [5.74, 6) is 1.17. The molecule has 30 heavy (non-hydrogen) atoms. The Morgan fingerprint density at radius 3 is 2.40 bits per heavy atom. The van der Waals surface area contributed by atoms with Crippen LogP contribution in [-0.4, -0.2) is 57.4 Å². The number of hydrogen-bond donors (Lipinski definition) is 1. The van der Waals surface area contributed by atoms with Crippen LogP contribution in [0, 0.1) is 17.7 Å². The molecule has 8 heteroatoms. The van der Waals surface area contributed by atoms with E-state index in [2.05, 4.69) is 25.6 Å². The first-order chi connectivity index (χ1) is 14.2. The Kier molecular flexibility index (Phi) is 8.72. The largest absolute Gasteiger partial charge is 0.303 e. The van der Waals surface area contributed by atoms with Crippen LogP contribution in [0.5, 0.6) is 0 Å². The van der Waals surface area contributed by atoms with Gasteiger partial charge in [-0.15, -0.1) is 0 Å². The number of likely N-dealkylation sites (tertiary alicyclic amines) is 1. The molecular weight excluding hydrogens is 469 g/mol. The van der Waals surface area contributed by atoms with Crippen molar-refractivity contribution in [2.24, 2.45) is 11.8 Å². The lowest BCUT2D eigenvalue weighted by molar-refractivity contribution is 0.164. The van der Waals surface area contributed by atoms with Crippen LogP contribution in [0.2, 0.25) is 0 Å². The highest BCUT2D eigenvalue weighted by Crippen LogP contribution is 2.29. The molecule has 0 atom stereocenters. The van der Waals surface area contributed by atoms with Crippen LogP contribution in [0.3, 0.4) is 0 Å². The molecule has 0 amide bonds. The Morgan fingerprint density at radius 2 is 1.77 bits per heavy atom. The van der Waals surface area contributed by atoms with E-state index in [1.165, 1.54) is 29.6 Å². The van der Waals surface area contributed by atoms with Gasteiger partial charge in [-0.1, -0.05) is 15.9 Å². The van der Waals surface area contributed by atoms with Crippen LogP contribution in [0.4, 0.5) is 4.39 Å². The molecule has 170 valence electrons. The lowest BCUT2D eigenvalue weighted by Crippen LogP contribution is -2.43. The fourth-order valence-corrected chi connectivity index (χ4v) is 5.95. The van der Waals surface area contributed by atoms with Crippen LogP contribution in [0.15, 0.2) is 22.7 Å². The minimum atomic E-state index is -3.33. The Hall–Kier alpha value is -0.540. The Balaban J connectivity index is 1.34. The van der Waals surface area contributed by atoms with Crippen molar-refractivity contribution < 1.29 is 12.8 Å². The third-order valence-corrected chi connectivity index (χ3v) is 9.09. The predicted octanol–water partition coefficient (Wildman–Crippen LogP) is 4.19. The van der Waals surface area contributed by atoms with Gasteiger partial charge < -0.3 is 4.90 Å². The van der Waals surface area contributed by atoms with E-state index in [1.54, 1.807) is 26.2 Å². The second-order valence-corrected chi connectivity index (χ2v) is 11.9. The van der Waals surface area contributed by atoms with E-state index in [0.29, 0.717) is 11.8 Å². The van der Waals surface area contributed by atoms with E-state index in [-0.39, 0.29) is 11.9 Å². The molecule has 1 heterocycles. The zero-order valence-corrected chi connectivity index (χ0v) is 20.5. The fourth-order valence-electron chi connectivity index (χ4n) is 4.68. The molecule has 3 rings (SSSR count). The number of rotatable bonds is 8. The molecule has 0 bridgehead atoms. The standard InChI is InChI=1S/C22H35BrFN3O2S/c1-26(2)30(28,29)25-21-6-3-17(4-7-21)9-12-27-13-10-18(11-14-27)15-19-16-20(24)5-8-22(19)23/h5,8,16-18,21,25H,3-4,6-7,9-15H2,1-2H3/t17-,21-. The first-order valence-electron chi connectivity index (χ1n) is 11.1. The maximum atomic E-state index is 13.5. The van der Waals surface area contributed by atoms with Gasteiger partial charge in [0.25, 0.3) is 10.2 Å². The van der Waals surface area contributed by atoms with Gasteiger partial charge in [0.05, 0.1) is 0 Å². The van der Waals surface area contributed by atoms with Crippen molar-refractivity contribution in [2.75, 3.05) is 33.7 Å². The molecule has 0 unspecified atom stereocenters. The molecule has 1 aliphatic heterocycles. The van der Waals surface area contributed by atoms with E-state index in [4.69, 9.17) is 0 Å². The lowest BCUT2D eigenvalue weighted by Gasteiger charge is -2.34. The summed E-state index contributed by atoms with van der Waals surface area (Å²) in [7, 11) is -0.199. The highest BCUT2D eigenvalue weighted by Gasteiger charge is 2.27. The van der Waals surface area contributed by atoms with Gasteiger partial charge in [0, 0.05) is 24.6 Å². The van der Waals surface area contributed by atoms with Gasteiger partial charge in [-0.05, 0) is 107 Å². The Labute approximate surface area is 189 Å². The first-order valence-corrected chi connectivity index (χ1v) is 13.3. The summed E-state index contributed by atoms with van der Waals surface area (Å²) in [6.45, 7) is 3.38. The van der Waals surface area contributed by atoms with Gasteiger partial charge in [0.2, 0.25) is 0 Å². The zero-order chi connectivity index (χ0) is 21.7. The normalized spacial score (nSPS) is 24.4. The molecule has 2 aliphatic rings. The molecule has 0 spiro atoms. The van der Waals surface area contributed by atoms with Gasteiger partial charge in [0.1, 0.15) is 5.82 Å². The number of benzene rings is 1. The highest BCUT2D eigenvalue weighted by molar-refractivity contribution is 9.10. The number of nitrogens with zero attached hydrogens (tertiary/aromatic N) is 2.